The van der Waals surface area contributed by atoms with E-state index in [0.29, 0.717) is 5.75 Å². The summed E-state index contributed by atoms with van der Waals surface area (Å²) in [5, 5.41) is 0. The molecule has 0 aromatic heterocycles. The Morgan fingerprint density at radius 1 is 1.00 bits per heavy atom. The van der Waals surface area contributed by atoms with E-state index < -0.39 is 8.60 Å². The van der Waals surface area contributed by atoms with Crippen molar-refractivity contribution >= 4 is 8.60 Å². The topological polar surface area (TPSA) is 49.7 Å². The van der Waals surface area contributed by atoms with Crippen LogP contribution in [0.4, 0.5) is 0 Å². The van der Waals surface area contributed by atoms with Crippen LogP contribution in [-0.4, -0.2) is 9.79 Å². The summed E-state index contributed by atoms with van der Waals surface area (Å²) < 4.78 is 5.03. The number of rotatable bonds is 10. The molecule has 20 heavy (non-hydrogen) atoms. The second-order valence-corrected chi connectivity index (χ2v) is 5.51. The summed E-state index contributed by atoms with van der Waals surface area (Å²) in [6.45, 7) is 2.23. The molecule has 0 aliphatic carbocycles. The number of hydrogen-bond donors (Lipinski definition) is 2. The molecule has 0 aliphatic rings. The Hall–Kier alpha value is 0.370. The van der Waals surface area contributed by atoms with Gasteiger partial charge in [0.2, 0.25) is 0 Å². The van der Waals surface area contributed by atoms with Crippen LogP contribution in [0.2, 0.25) is 0 Å². The van der Waals surface area contributed by atoms with Crippen molar-refractivity contribution in [3.8, 4) is 5.75 Å². The molecule has 0 radical (unpaired) electrons. The first kappa shape index (κ1) is 20.4. The van der Waals surface area contributed by atoms with Crippen LogP contribution in [-0.2, 0) is 6.42 Å². The van der Waals surface area contributed by atoms with E-state index in [1.807, 2.05) is 18.2 Å². The van der Waals surface area contributed by atoms with Gasteiger partial charge in [0.25, 0.3) is 0 Å². The van der Waals surface area contributed by atoms with Crippen molar-refractivity contribution < 1.29 is 45.3 Å². The van der Waals surface area contributed by atoms with Crippen molar-refractivity contribution in [1.82, 2.24) is 0 Å². The van der Waals surface area contributed by atoms with Crippen molar-refractivity contribution in [2.75, 3.05) is 0 Å². The van der Waals surface area contributed by atoms with Crippen LogP contribution in [0.15, 0.2) is 24.3 Å². The van der Waals surface area contributed by atoms with Gasteiger partial charge in [0.15, 0.2) is 0 Å². The Balaban J connectivity index is 0. The molecule has 2 N–H and O–H groups in total. The molecule has 0 spiro atoms. The van der Waals surface area contributed by atoms with Crippen LogP contribution in [0.3, 0.4) is 0 Å². The molecular weight excluding hydrogens is 282 g/mol. The molecule has 0 atom stereocenters. The summed E-state index contributed by atoms with van der Waals surface area (Å²) in [6.07, 6.45) is 9.87. The predicted octanol–water partition coefficient (Wildman–Crippen LogP) is 1.69. The monoisotopic (exact) mass is 308 g/mol. The molecule has 0 saturated carbocycles. The van der Waals surface area contributed by atoms with Crippen LogP contribution in [0.25, 0.3) is 0 Å². The maximum atomic E-state index is 8.92. The summed E-state index contributed by atoms with van der Waals surface area (Å²) in [5.74, 6) is 0.601. The molecular formula is C15H26NaO3P. The van der Waals surface area contributed by atoms with E-state index in [1.54, 1.807) is 6.07 Å². The molecule has 0 unspecified atom stereocenters. The minimum atomic E-state index is -2.32. The number of unbranched alkanes of at least 4 members (excludes halogenated alkanes) is 6. The molecule has 0 amide bonds. The number of benzene rings is 1. The largest absolute Gasteiger partial charge is 1.00 e. The normalized spacial score (nSPS) is 10.4. The fraction of sp³-hybridized carbons (Fsp3) is 0.600. The number of para-hydroxylation sites is 1. The molecule has 0 bridgehead atoms. The van der Waals surface area contributed by atoms with E-state index in [-0.39, 0.29) is 31.0 Å². The molecule has 3 nitrogen and oxygen atoms in total. The van der Waals surface area contributed by atoms with Gasteiger partial charge >= 0.3 is 38.2 Å². The summed E-state index contributed by atoms with van der Waals surface area (Å²) in [7, 11) is -2.32. The first-order valence-corrected chi connectivity index (χ1v) is 8.34. The SMILES string of the molecule is CCCCCCCCCc1ccccc1OP(O)O.[H-].[Na+]. The first-order valence-electron chi connectivity index (χ1n) is 7.17. The number of hydrogen-bond acceptors (Lipinski definition) is 3. The zero-order valence-electron chi connectivity index (χ0n) is 13.7. The summed E-state index contributed by atoms with van der Waals surface area (Å²) in [6, 6.07) is 7.59. The van der Waals surface area contributed by atoms with E-state index in [9.17, 15) is 0 Å². The second-order valence-electron chi connectivity index (χ2n) is 4.82. The summed E-state index contributed by atoms with van der Waals surface area (Å²) in [5.41, 5.74) is 1.06. The fourth-order valence-corrected chi connectivity index (χ4v) is 2.51. The fourth-order valence-electron chi connectivity index (χ4n) is 2.16. The molecule has 0 aliphatic heterocycles. The minimum Gasteiger partial charge on any atom is -1.00 e. The molecule has 110 valence electrons. The summed E-state index contributed by atoms with van der Waals surface area (Å²) in [4.78, 5) is 17.8. The van der Waals surface area contributed by atoms with Gasteiger partial charge in [-0.2, -0.15) is 0 Å². The molecule has 1 rings (SSSR count). The van der Waals surface area contributed by atoms with Crippen molar-refractivity contribution in [2.24, 2.45) is 0 Å². The molecule has 0 saturated heterocycles. The standard InChI is InChI=1S/C15H25O3P.Na.H/c1-2-3-4-5-6-7-8-11-14-12-9-10-13-15(14)18-19(16)17;;/h9-10,12-13,16-17H,2-8,11H2,1H3;;/q;+1;-1. The van der Waals surface area contributed by atoms with E-state index in [1.165, 1.54) is 38.5 Å². The van der Waals surface area contributed by atoms with Crippen LogP contribution in [0.5, 0.6) is 5.75 Å². The van der Waals surface area contributed by atoms with Crippen LogP contribution >= 0.6 is 8.60 Å². The van der Waals surface area contributed by atoms with Gasteiger partial charge in [0.1, 0.15) is 5.75 Å². The zero-order valence-corrected chi connectivity index (χ0v) is 15.6. The van der Waals surface area contributed by atoms with Gasteiger partial charge in [-0.1, -0.05) is 63.6 Å². The Kier molecular flexibility index (Phi) is 13.3. The maximum Gasteiger partial charge on any atom is 1.00 e. The van der Waals surface area contributed by atoms with E-state index in [4.69, 9.17) is 14.3 Å². The van der Waals surface area contributed by atoms with Crippen molar-refractivity contribution in [3.63, 3.8) is 0 Å². The predicted molar refractivity (Wildman–Crippen MR) is 81.2 cm³/mol. The van der Waals surface area contributed by atoms with E-state index in [2.05, 4.69) is 6.92 Å². The van der Waals surface area contributed by atoms with Gasteiger partial charge in [-0.25, -0.2) is 0 Å². The van der Waals surface area contributed by atoms with Crippen LogP contribution in [0, 0.1) is 0 Å². The molecule has 0 heterocycles. The molecule has 1 aromatic carbocycles. The third-order valence-corrected chi connectivity index (χ3v) is 3.56. The van der Waals surface area contributed by atoms with Crippen LogP contribution in [0.1, 0.15) is 58.9 Å². The van der Waals surface area contributed by atoms with Crippen molar-refractivity contribution in [3.05, 3.63) is 29.8 Å². The van der Waals surface area contributed by atoms with Crippen molar-refractivity contribution in [2.45, 2.75) is 58.3 Å². The average Bonchev–Trinajstić information content (AvgIpc) is 2.39. The summed E-state index contributed by atoms with van der Waals surface area (Å²) >= 11 is 0. The van der Waals surface area contributed by atoms with E-state index >= 15 is 0 Å². The van der Waals surface area contributed by atoms with Gasteiger partial charge in [0.05, 0.1) is 0 Å². The Morgan fingerprint density at radius 2 is 1.60 bits per heavy atom. The quantitative estimate of drug-likeness (QED) is 0.393. The van der Waals surface area contributed by atoms with Gasteiger partial charge in [0, 0.05) is 0 Å². The third-order valence-electron chi connectivity index (χ3n) is 3.20. The Morgan fingerprint density at radius 3 is 2.25 bits per heavy atom. The molecule has 5 heteroatoms. The minimum absolute atomic E-state index is 0. The van der Waals surface area contributed by atoms with Gasteiger partial charge < -0.3 is 15.7 Å². The van der Waals surface area contributed by atoms with Crippen molar-refractivity contribution in [1.29, 1.82) is 0 Å². The van der Waals surface area contributed by atoms with Gasteiger partial charge in [-0.3, -0.25) is 0 Å². The third kappa shape index (κ3) is 9.33. The molecule has 0 fully saturated rings. The Bertz CT molecular complexity index is 353. The molecule has 1 aromatic rings. The second kappa shape index (κ2) is 13.1. The first-order chi connectivity index (χ1) is 9.24. The van der Waals surface area contributed by atoms with Gasteiger partial charge in [-0.05, 0) is 24.5 Å². The average molecular weight is 308 g/mol. The smallest absolute Gasteiger partial charge is 1.00 e. The zero-order chi connectivity index (χ0) is 13.9. The van der Waals surface area contributed by atoms with Crippen LogP contribution < -0.4 is 34.1 Å². The van der Waals surface area contributed by atoms with E-state index in [0.717, 1.165) is 18.4 Å². The van der Waals surface area contributed by atoms with Gasteiger partial charge in [-0.15, -0.1) is 0 Å². The Labute approximate surface area is 147 Å². The number of aryl methyl sites for hydroxylation is 1. The maximum absolute atomic E-state index is 8.92.